The molecule has 3 aromatic carbocycles. The lowest BCUT2D eigenvalue weighted by atomic mass is 9.77. The van der Waals surface area contributed by atoms with Crippen LogP contribution in [0.1, 0.15) is 37.8 Å². The van der Waals surface area contributed by atoms with Crippen molar-refractivity contribution in [2.45, 2.75) is 12.8 Å². The Morgan fingerprint density at radius 2 is 1.31 bits per heavy atom. The Labute approximate surface area is 188 Å². The summed E-state index contributed by atoms with van der Waals surface area (Å²) in [5.74, 6) is -0.775. The molecule has 4 nitrogen and oxygen atoms in total. The van der Waals surface area contributed by atoms with Crippen molar-refractivity contribution < 1.29 is 14.7 Å². The van der Waals surface area contributed by atoms with Crippen LogP contribution < -0.4 is 0 Å². The summed E-state index contributed by atoms with van der Waals surface area (Å²) >= 11 is 0. The number of benzene rings is 3. The van der Waals surface area contributed by atoms with Gasteiger partial charge in [0.05, 0.1) is 6.61 Å². The first-order chi connectivity index (χ1) is 15.6. The minimum Gasteiger partial charge on any atom is -0.395 e. The summed E-state index contributed by atoms with van der Waals surface area (Å²) < 4.78 is 0. The summed E-state index contributed by atoms with van der Waals surface area (Å²) in [7, 11) is 0. The maximum Gasteiger partial charge on any atom is 0.191 e. The molecular weight excluding hydrogens is 398 g/mol. The molecule has 4 rings (SSSR count). The fourth-order valence-corrected chi connectivity index (χ4v) is 4.06. The van der Waals surface area contributed by atoms with Crippen molar-refractivity contribution in [1.82, 2.24) is 4.90 Å². The molecule has 1 N–H and O–H groups in total. The lowest BCUT2D eigenvalue weighted by Gasteiger charge is -2.31. The van der Waals surface area contributed by atoms with Crippen LogP contribution in [0.4, 0.5) is 0 Å². The van der Waals surface area contributed by atoms with Gasteiger partial charge < -0.3 is 10.0 Å². The van der Waals surface area contributed by atoms with Crippen molar-refractivity contribution in [1.29, 1.82) is 0 Å². The Kier molecular flexibility index (Phi) is 6.43. The van der Waals surface area contributed by atoms with E-state index in [1.165, 1.54) is 0 Å². The average molecular weight is 424 g/mol. The molecule has 3 aromatic rings. The van der Waals surface area contributed by atoms with Gasteiger partial charge in [0.25, 0.3) is 0 Å². The normalized spacial score (nSPS) is 14.0. The number of aliphatic hydroxyl groups excluding tert-OH is 1. The zero-order valence-electron chi connectivity index (χ0n) is 17.9. The first-order valence-corrected chi connectivity index (χ1v) is 10.6. The van der Waals surface area contributed by atoms with E-state index in [4.69, 9.17) is 0 Å². The molecular formula is C28H25NO3. The first-order valence-electron chi connectivity index (χ1n) is 10.6. The first kappa shape index (κ1) is 21.5. The number of nitrogens with zero attached hydrogens (tertiary/aromatic N) is 1. The van der Waals surface area contributed by atoms with Crippen LogP contribution in [0.2, 0.25) is 0 Å². The summed E-state index contributed by atoms with van der Waals surface area (Å²) in [5.41, 5.74) is 4.09. The van der Waals surface area contributed by atoms with Gasteiger partial charge in [-0.2, -0.15) is 0 Å². The molecule has 0 radical (unpaired) electrons. The molecule has 0 saturated carbocycles. The van der Waals surface area contributed by atoms with Gasteiger partial charge in [0, 0.05) is 47.1 Å². The number of ketones is 2. The smallest absolute Gasteiger partial charge is 0.191 e. The highest BCUT2D eigenvalue weighted by Crippen LogP contribution is 2.39. The van der Waals surface area contributed by atoms with E-state index in [0.29, 0.717) is 22.3 Å². The number of carbonyl (C=O) groups is 2. The van der Waals surface area contributed by atoms with Crippen LogP contribution in [0.15, 0.2) is 108 Å². The van der Waals surface area contributed by atoms with Gasteiger partial charge in [0.15, 0.2) is 11.6 Å². The van der Waals surface area contributed by atoms with Crippen molar-refractivity contribution in [2.24, 2.45) is 0 Å². The molecule has 0 aliphatic carbocycles. The summed E-state index contributed by atoms with van der Waals surface area (Å²) in [6.45, 7) is 2.19. The molecule has 0 bridgehead atoms. The van der Waals surface area contributed by atoms with E-state index in [1.807, 2.05) is 67.6 Å². The number of aryl methyl sites for hydroxylation is 1. The number of β-amino-alcohol motifs (C(OH)–C–C–N with tert-alkyl or cyclic N) is 1. The molecule has 32 heavy (non-hydrogen) atoms. The number of rotatable bonds is 7. The van der Waals surface area contributed by atoms with Crippen LogP contribution in [-0.4, -0.2) is 34.7 Å². The summed E-state index contributed by atoms with van der Waals surface area (Å²) in [6, 6.07) is 26.1. The predicted molar refractivity (Wildman–Crippen MR) is 125 cm³/mol. The van der Waals surface area contributed by atoms with Gasteiger partial charge in [0.1, 0.15) is 0 Å². The van der Waals surface area contributed by atoms with Gasteiger partial charge in [0.2, 0.25) is 0 Å². The number of aliphatic hydroxyl groups is 1. The quantitative estimate of drug-likeness (QED) is 0.548. The van der Waals surface area contributed by atoms with Crippen molar-refractivity contribution in [3.05, 3.63) is 131 Å². The second-order valence-corrected chi connectivity index (χ2v) is 7.87. The largest absolute Gasteiger partial charge is 0.395 e. The van der Waals surface area contributed by atoms with E-state index in [0.717, 1.165) is 11.1 Å². The number of hydrogen-bond acceptors (Lipinski definition) is 4. The lowest BCUT2D eigenvalue weighted by molar-refractivity contribution is 0.101. The Morgan fingerprint density at radius 1 is 0.781 bits per heavy atom. The van der Waals surface area contributed by atoms with Crippen LogP contribution in [0.25, 0.3) is 0 Å². The monoisotopic (exact) mass is 423 g/mol. The van der Waals surface area contributed by atoms with Gasteiger partial charge in [-0.05, 0) is 12.5 Å². The minimum absolute atomic E-state index is 0.0955. The van der Waals surface area contributed by atoms with E-state index in [-0.39, 0.29) is 24.7 Å². The Bertz CT molecular complexity index is 1110. The Balaban J connectivity index is 1.87. The van der Waals surface area contributed by atoms with Crippen molar-refractivity contribution in [3.63, 3.8) is 0 Å². The molecule has 0 saturated heterocycles. The summed E-state index contributed by atoms with van der Waals surface area (Å²) in [5, 5.41) is 9.55. The molecule has 1 heterocycles. The van der Waals surface area contributed by atoms with E-state index in [9.17, 15) is 14.7 Å². The third kappa shape index (κ3) is 4.46. The van der Waals surface area contributed by atoms with E-state index in [2.05, 4.69) is 0 Å². The number of Topliss-reactive ketones (excluding diaryl/α,β-unsaturated/α-hetero) is 2. The fraction of sp³-hybridized carbons (Fsp3) is 0.143. The van der Waals surface area contributed by atoms with Gasteiger partial charge >= 0.3 is 0 Å². The third-order valence-corrected chi connectivity index (χ3v) is 5.56. The van der Waals surface area contributed by atoms with E-state index >= 15 is 0 Å². The Morgan fingerprint density at radius 3 is 1.78 bits per heavy atom. The van der Waals surface area contributed by atoms with E-state index in [1.54, 1.807) is 41.6 Å². The fourth-order valence-electron chi connectivity index (χ4n) is 4.06. The maximum absolute atomic E-state index is 13.6. The minimum atomic E-state index is -0.509. The topological polar surface area (TPSA) is 57.6 Å². The molecule has 1 aliphatic heterocycles. The molecule has 0 aromatic heterocycles. The van der Waals surface area contributed by atoms with Crippen LogP contribution in [0.5, 0.6) is 0 Å². The molecule has 160 valence electrons. The highest BCUT2D eigenvalue weighted by atomic mass is 16.3. The summed E-state index contributed by atoms with van der Waals surface area (Å²) in [4.78, 5) is 29.0. The maximum atomic E-state index is 13.6. The average Bonchev–Trinajstić information content (AvgIpc) is 2.84. The zero-order chi connectivity index (χ0) is 22.5. The van der Waals surface area contributed by atoms with Gasteiger partial charge in [-0.1, -0.05) is 90.5 Å². The van der Waals surface area contributed by atoms with E-state index < -0.39 is 5.92 Å². The van der Waals surface area contributed by atoms with Gasteiger partial charge in [-0.25, -0.2) is 0 Å². The molecule has 0 amide bonds. The number of carbonyl (C=O) groups excluding carboxylic acids is 2. The molecule has 0 unspecified atom stereocenters. The lowest BCUT2D eigenvalue weighted by Crippen LogP contribution is -2.29. The molecule has 0 fully saturated rings. The van der Waals surface area contributed by atoms with Crippen molar-refractivity contribution in [2.75, 3.05) is 13.2 Å². The number of hydrogen-bond donors (Lipinski definition) is 1. The summed E-state index contributed by atoms with van der Waals surface area (Å²) in [6.07, 6.45) is 3.53. The molecule has 0 atom stereocenters. The standard InChI is InChI=1S/C28H25NO3/c1-20-9-8-14-23(17-20)26-24(27(31)21-10-4-2-5-11-21)18-29(15-16-30)19-25(26)28(32)22-12-6-3-7-13-22/h2-14,17-19,26,30H,15-16H2,1H3. The molecule has 4 heteroatoms. The van der Waals surface area contributed by atoms with Crippen LogP contribution >= 0.6 is 0 Å². The second kappa shape index (κ2) is 9.58. The SMILES string of the molecule is Cc1cccc(C2C(C(=O)c3ccccc3)=CN(CCO)C=C2C(=O)c2ccccc2)c1. The number of allylic oxidation sites excluding steroid dienone is 2. The van der Waals surface area contributed by atoms with Gasteiger partial charge in [-0.3, -0.25) is 9.59 Å². The van der Waals surface area contributed by atoms with Crippen molar-refractivity contribution >= 4 is 11.6 Å². The molecule has 1 aliphatic rings. The van der Waals surface area contributed by atoms with Crippen LogP contribution in [0, 0.1) is 6.92 Å². The van der Waals surface area contributed by atoms with Crippen LogP contribution in [-0.2, 0) is 0 Å². The highest BCUT2D eigenvalue weighted by molar-refractivity contribution is 6.15. The Hall–Kier alpha value is -3.76. The second-order valence-electron chi connectivity index (χ2n) is 7.87. The molecule has 0 spiro atoms. The third-order valence-electron chi connectivity index (χ3n) is 5.56. The van der Waals surface area contributed by atoms with Crippen LogP contribution in [0.3, 0.4) is 0 Å². The van der Waals surface area contributed by atoms with Crippen molar-refractivity contribution in [3.8, 4) is 0 Å². The predicted octanol–water partition coefficient (Wildman–Crippen LogP) is 4.92. The zero-order valence-corrected chi connectivity index (χ0v) is 17.9. The van der Waals surface area contributed by atoms with Gasteiger partial charge in [-0.15, -0.1) is 0 Å². The highest BCUT2D eigenvalue weighted by Gasteiger charge is 2.34.